The molecule has 152 valence electrons. The third-order valence-corrected chi connectivity index (χ3v) is 5.37. The van der Waals surface area contributed by atoms with Crippen LogP contribution in [0.5, 0.6) is 0 Å². The molecule has 0 aliphatic carbocycles. The second-order valence-electron chi connectivity index (χ2n) is 7.40. The molecular formula is C22H22N6OS. The molecule has 2 aromatic heterocycles. The fourth-order valence-corrected chi connectivity index (χ4v) is 3.67. The average molecular weight is 419 g/mol. The number of hydrogen-bond acceptors (Lipinski definition) is 6. The van der Waals surface area contributed by atoms with Gasteiger partial charge in [-0.3, -0.25) is 4.79 Å². The van der Waals surface area contributed by atoms with Crippen LogP contribution in [0.1, 0.15) is 47.2 Å². The van der Waals surface area contributed by atoms with Crippen molar-refractivity contribution in [2.75, 3.05) is 0 Å². The first-order chi connectivity index (χ1) is 14.5. The van der Waals surface area contributed by atoms with Gasteiger partial charge in [-0.05, 0) is 46.7 Å². The summed E-state index contributed by atoms with van der Waals surface area (Å²) in [6.45, 7) is 6.50. The van der Waals surface area contributed by atoms with E-state index in [0.29, 0.717) is 12.1 Å². The van der Waals surface area contributed by atoms with Crippen molar-refractivity contribution >= 4 is 17.2 Å². The Morgan fingerprint density at radius 3 is 2.63 bits per heavy atom. The second kappa shape index (κ2) is 8.54. The van der Waals surface area contributed by atoms with Crippen LogP contribution in [-0.4, -0.2) is 31.1 Å². The summed E-state index contributed by atoms with van der Waals surface area (Å²) in [7, 11) is 0. The number of carbonyl (C=O) groups excluding carboxylic acids is 1. The van der Waals surface area contributed by atoms with E-state index in [-0.39, 0.29) is 11.8 Å². The highest BCUT2D eigenvalue weighted by molar-refractivity contribution is 7.07. The number of aryl methyl sites for hydroxylation is 1. The van der Waals surface area contributed by atoms with Gasteiger partial charge in [-0.2, -0.15) is 4.68 Å². The summed E-state index contributed by atoms with van der Waals surface area (Å²) in [6, 6.07) is 13.9. The summed E-state index contributed by atoms with van der Waals surface area (Å²) in [5.74, 6) is 0.715. The topological polar surface area (TPSA) is 85.6 Å². The van der Waals surface area contributed by atoms with Crippen molar-refractivity contribution in [3.05, 3.63) is 76.0 Å². The maximum Gasteiger partial charge on any atom is 0.251 e. The van der Waals surface area contributed by atoms with E-state index in [1.54, 1.807) is 10.2 Å². The van der Waals surface area contributed by atoms with E-state index in [9.17, 15) is 4.79 Å². The SMILES string of the molecule is Cc1ccc(-c2cc(C(=O)NCc3cscn3)cc(-n3nnnc3C(C)C)c2)cc1. The van der Waals surface area contributed by atoms with Gasteiger partial charge < -0.3 is 5.32 Å². The van der Waals surface area contributed by atoms with E-state index in [1.165, 1.54) is 16.9 Å². The second-order valence-corrected chi connectivity index (χ2v) is 8.12. The summed E-state index contributed by atoms with van der Waals surface area (Å²) >= 11 is 1.50. The van der Waals surface area contributed by atoms with Crippen LogP contribution < -0.4 is 5.32 Å². The van der Waals surface area contributed by atoms with E-state index in [1.807, 2.05) is 56.5 Å². The average Bonchev–Trinajstić information content (AvgIpc) is 3.44. The third-order valence-electron chi connectivity index (χ3n) is 4.73. The van der Waals surface area contributed by atoms with Gasteiger partial charge in [0.1, 0.15) is 0 Å². The van der Waals surface area contributed by atoms with Crippen molar-refractivity contribution in [3.8, 4) is 16.8 Å². The Labute approximate surface area is 178 Å². The van der Waals surface area contributed by atoms with Gasteiger partial charge in [-0.1, -0.05) is 43.7 Å². The maximum absolute atomic E-state index is 12.9. The number of rotatable bonds is 6. The summed E-state index contributed by atoms with van der Waals surface area (Å²) in [4.78, 5) is 17.1. The fraction of sp³-hybridized carbons (Fsp3) is 0.227. The van der Waals surface area contributed by atoms with Crippen LogP contribution in [-0.2, 0) is 6.54 Å². The molecule has 2 aromatic carbocycles. The summed E-state index contributed by atoms with van der Waals surface area (Å²) in [5, 5.41) is 17.0. The molecule has 4 aromatic rings. The zero-order valence-electron chi connectivity index (χ0n) is 17.0. The number of nitrogens with one attached hydrogen (secondary N) is 1. The molecule has 30 heavy (non-hydrogen) atoms. The lowest BCUT2D eigenvalue weighted by molar-refractivity contribution is 0.0950. The zero-order chi connectivity index (χ0) is 21.1. The first kappa shape index (κ1) is 19.9. The molecule has 0 bridgehead atoms. The van der Waals surface area contributed by atoms with Gasteiger partial charge in [0, 0.05) is 16.9 Å². The van der Waals surface area contributed by atoms with Crippen molar-refractivity contribution < 1.29 is 4.79 Å². The molecule has 0 aliphatic rings. The van der Waals surface area contributed by atoms with Crippen LogP contribution in [0.25, 0.3) is 16.8 Å². The van der Waals surface area contributed by atoms with Crippen molar-refractivity contribution in [1.82, 2.24) is 30.5 Å². The standard InChI is InChI=1S/C22H22N6OS/c1-14(2)21-25-26-27-28(21)20-9-17(16-6-4-15(3)5-7-16)8-18(10-20)22(29)23-11-19-12-30-13-24-19/h4-10,12-14H,11H2,1-3H3,(H,23,29). The number of thiazole rings is 1. The van der Waals surface area contributed by atoms with Crippen molar-refractivity contribution in [3.63, 3.8) is 0 Å². The molecule has 0 atom stereocenters. The quantitative estimate of drug-likeness (QED) is 0.508. The monoisotopic (exact) mass is 418 g/mol. The van der Waals surface area contributed by atoms with E-state index in [4.69, 9.17) is 0 Å². The first-order valence-electron chi connectivity index (χ1n) is 9.67. The van der Waals surface area contributed by atoms with E-state index in [0.717, 1.165) is 28.3 Å². The minimum atomic E-state index is -0.169. The van der Waals surface area contributed by atoms with Gasteiger partial charge in [-0.25, -0.2) is 4.98 Å². The normalized spacial score (nSPS) is 11.1. The molecule has 1 amide bonds. The van der Waals surface area contributed by atoms with Gasteiger partial charge >= 0.3 is 0 Å². The molecule has 4 rings (SSSR count). The van der Waals surface area contributed by atoms with Crippen molar-refractivity contribution in [2.24, 2.45) is 0 Å². The molecule has 0 aliphatic heterocycles. The summed E-state index contributed by atoms with van der Waals surface area (Å²) in [5.41, 5.74) is 7.02. The maximum atomic E-state index is 12.9. The fourth-order valence-electron chi connectivity index (χ4n) is 3.11. The number of carbonyl (C=O) groups is 1. The Balaban J connectivity index is 1.74. The largest absolute Gasteiger partial charge is 0.346 e. The number of benzene rings is 2. The number of hydrogen-bond donors (Lipinski definition) is 1. The van der Waals surface area contributed by atoms with Crippen LogP contribution in [0.3, 0.4) is 0 Å². The van der Waals surface area contributed by atoms with Gasteiger partial charge in [-0.15, -0.1) is 16.4 Å². The molecule has 0 spiro atoms. The lowest BCUT2D eigenvalue weighted by Crippen LogP contribution is -2.23. The zero-order valence-corrected chi connectivity index (χ0v) is 17.8. The van der Waals surface area contributed by atoms with Gasteiger partial charge in [0.2, 0.25) is 0 Å². The van der Waals surface area contributed by atoms with E-state index in [2.05, 4.69) is 38.0 Å². The summed E-state index contributed by atoms with van der Waals surface area (Å²) < 4.78 is 1.69. The predicted octanol–water partition coefficient (Wildman–Crippen LogP) is 4.15. The number of aromatic nitrogens is 5. The minimum absolute atomic E-state index is 0.143. The first-order valence-corrected chi connectivity index (χ1v) is 10.6. The van der Waals surface area contributed by atoms with Crippen LogP contribution in [0.4, 0.5) is 0 Å². The molecular weight excluding hydrogens is 396 g/mol. The minimum Gasteiger partial charge on any atom is -0.346 e. The lowest BCUT2D eigenvalue weighted by Gasteiger charge is -2.12. The Morgan fingerprint density at radius 1 is 1.13 bits per heavy atom. The van der Waals surface area contributed by atoms with Crippen LogP contribution >= 0.6 is 11.3 Å². The molecule has 0 radical (unpaired) electrons. The molecule has 0 fully saturated rings. The Kier molecular flexibility index (Phi) is 5.67. The molecule has 0 unspecified atom stereocenters. The predicted molar refractivity (Wildman–Crippen MR) is 117 cm³/mol. The smallest absolute Gasteiger partial charge is 0.251 e. The van der Waals surface area contributed by atoms with E-state index < -0.39 is 0 Å². The molecule has 2 heterocycles. The molecule has 1 N–H and O–H groups in total. The number of nitrogens with zero attached hydrogens (tertiary/aromatic N) is 5. The Bertz CT molecular complexity index is 1150. The molecule has 7 nitrogen and oxygen atoms in total. The number of amides is 1. The Morgan fingerprint density at radius 2 is 1.93 bits per heavy atom. The van der Waals surface area contributed by atoms with Gasteiger partial charge in [0.15, 0.2) is 5.82 Å². The highest BCUT2D eigenvalue weighted by Gasteiger charge is 2.16. The van der Waals surface area contributed by atoms with Crippen LogP contribution in [0, 0.1) is 6.92 Å². The molecule has 0 saturated heterocycles. The van der Waals surface area contributed by atoms with Gasteiger partial charge in [0.05, 0.1) is 23.4 Å². The van der Waals surface area contributed by atoms with Crippen molar-refractivity contribution in [2.45, 2.75) is 33.2 Å². The summed E-state index contributed by atoms with van der Waals surface area (Å²) in [6.07, 6.45) is 0. The van der Waals surface area contributed by atoms with Crippen LogP contribution in [0.15, 0.2) is 53.4 Å². The molecule has 0 saturated carbocycles. The van der Waals surface area contributed by atoms with Crippen LogP contribution in [0.2, 0.25) is 0 Å². The lowest BCUT2D eigenvalue weighted by atomic mass is 10.0. The molecule has 8 heteroatoms. The van der Waals surface area contributed by atoms with Gasteiger partial charge in [0.25, 0.3) is 5.91 Å². The highest BCUT2D eigenvalue weighted by Crippen LogP contribution is 2.26. The Hall–Kier alpha value is -3.39. The number of tetrazole rings is 1. The third kappa shape index (κ3) is 4.28. The van der Waals surface area contributed by atoms with E-state index >= 15 is 0 Å². The van der Waals surface area contributed by atoms with Crippen molar-refractivity contribution in [1.29, 1.82) is 0 Å². The highest BCUT2D eigenvalue weighted by atomic mass is 32.1.